The van der Waals surface area contributed by atoms with Gasteiger partial charge in [-0.25, -0.2) is 0 Å². The molecule has 2 unspecified atom stereocenters. The normalized spacial score (nSPS) is 22.1. The SMILES string of the molecule is CC1CCCCC1NC(=S)Nc1cccc([N+](=O)[O-])c1. The minimum Gasteiger partial charge on any atom is -0.359 e. The Balaban J connectivity index is 1.94. The smallest absolute Gasteiger partial charge is 0.271 e. The predicted molar refractivity (Wildman–Crippen MR) is 83.9 cm³/mol. The molecule has 0 amide bonds. The zero-order chi connectivity index (χ0) is 14.5. The maximum absolute atomic E-state index is 10.7. The van der Waals surface area contributed by atoms with Crippen molar-refractivity contribution in [3.63, 3.8) is 0 Å². The van der Waals surface area contributed by atoms with Crippen molar-refractivity contribution in [1.82, 2.24) is 5.32 Å². The van der Waals surface area contributed by atoms with Gasteiger partial charge in [0.05, 0.1) is 4.92 Å². The highest BCUT2D eigenvalue weighted by Gasteiger charge is 2.21. The van der Waals surface area contributed by atoms with E-state index in [2.05, 4.69) is 17.6 Å². The molecule has 5 nitrogen and oxygen atoms in total. The summed E-state index contributed by atoms with van der Waals surface area (Å²) in [6.07, 6.45) is 4.85. The minimum atomic E-state index is -0.412. The Morgan fingerprint density at radius 2 is 2.15 bits per heavy atom. The molecule has 0 spiro atoms. The van der Waals surface area contributed by atoms with Crippen LogP contribution in [0.1, 0.15) is 32.6 Å². The van der Waals surface area contributed by atoms with Crippen molar-refractivity contribution < 1.29 is 4.92 Å². The fourth-order valence-electron chi connectivity index (χ4n) is 2.56. The van der Waals surface area contributed by atoms with E-state index in [1.165, 1.54) is 31.4 Å². The molecular weight excluding hydrogens is 274 g/mol. The first-order chi connectivity index (χ1) is 9.56. The van der Waals surface area contributed by atoms with Crippen LogP contribution in [0, 0.1) is 16.0 Å². The third kappa shape index (κ3) is 3.90. The Morgan fingerprint density at radius 1 is 1.40 bits per heavy atom. The van der Waals surface area contributed by atoms with E-state index in [9.17, 15) is 10.1 Å². The number of benzene rings is 1. The highest BCUT2D eigenvalue weighted by Crippen LogP contribution is 2.24. The highest BCUT2D eigenvalue weighted by atomic mass is 32.1. The van der Waals surface area contributed by atoms with Crippen LogP contribution in [-0.4, -0.2) is 16.1 Å². The molecule has 6 heteroatoms. The number of anilines is 1. The van der Waals surface area contributed by atoms with Gasteiger partial charge < -0.3 is 10.6 Å². The second-order valence-electron chi connectivity index (χ2n) is 5.27. The number of non-ortho nitro benzene ring substituents is 1. The van der Waals surface area contributed by atoms with Crippen LogP contribution >= 0.6 is 12.2 Å². The van der Waals surface area contributed by atoms with Gasteiger partial charge in [-0.05, 0) is 37.0 Å². The van der Waals surface area contributed by atoms with Gasteiger partial charge in [-0.1, -0.05) is 25.8 Å². The average Bonchev–Trinajstić information content (AvgIpc) is 2.41. The van der Waals surface area contributed by atoms with Crippen molar-refractivity contribution in [2.75, 3.05) is 5.32 Å². The fourth-order valence-corrected chi connectivity index (χ4v) is 2.83. The molecular formula is C14H19N3O2S. The lowest BCUT2D eigenvalue weighted by Crippen LogP contribution is -2.43. The van der Waals surface area contributed by atoms with Crippen molar-refractivity contribution in [2.45, 2.75) is 38.6 Å². The monoisotopic (exact) mass is 293 g/mol. The van der Waals surface area contributed by atoms with Crippen molar-refractivity contribution in [2.24, 2.45) is 5.92 Å². The van der Waals surface area contributed by atoms with E-state index < -0.39 is 4.92 Å². The number of nitro groups is 1. The summed E-state index contributed by atoms with van der Waals surface area (Å²) in [7, 11) is 0. The topological polar surface area (TPSA) is 67.2 Å². The zero-order valence-electron chi connectivity index (χ0n) is 11.5. The number of rotatable bonds is 3. The number of nitrogens with zero attached hydrogens (tertiary/aromatic N) is 1. The third-order valence-corrected chi connectivity index (χ3v) is 3.96. The van der Waals surface area contributed by atoms with Crippen LogP contribution in [0.3, 0.4) is 0 Å². The summed E-state index contributed by atoms with van der Waals surface area (Å²) in [4.78, 5) is 10.3. The van der Waals surface area contributed by atoms with Crippen LogP contribution in [0.2, 0.25) is 0 Å². The van der Waals surface area contributed by atoms with Gasteiger partial charge in [-0.2, -0.15) is 0 Å². The van der Waals surface area contributed by atoms with Gasteiger partial charge in [0.15, 0.2) is 5.11 Å². The number of nitro benzene ring substituents is 1. The molecule has 0 bridgehead atoms. The number of hydrogen-bond acceptors (Lipinski definition) is 3. The largest absolute Gasteiger partial charge is 0.359 e. The number of nitrogens with one attached hydrogen (secondary N) is 2. The first-order valence-corrected chi connectivity index (χ1v) is 7.29. The Bertz CT molecular complexity index is 507. The van der Waals surface area contributed by atoms with Gasteiger partial charge >= 0.3 is 0 Å². The molecule has 1 aromatic carbocycles. The molecule has 1 aliphatic rings. The van der Waals surface area contributed by atoms with Crippen LogP contribution in [0.15, 0.2) is 24.3 Å². The number of hydrogen-bond donors (Lipinski definition) is 2. The maximum Gasteiger partial charge on any atom is 0.271 e. The van der Waals surface area contributed by atoms with Gasteiger partial charge in [0.25, 0.3) is 5.69 Å². The van der Waals surface area contributed by atoms with Crippen molar-refractivity contribution >= 4 is 28.7 Å². The van der Waals surface area contributed by atoms with Crippen LogP contribution in [0.5, 0.6) is 0 Å². The second-order valence-corrected chi connectivity index (χ2v) is 5.68. The van der Waals surface area contributed by atoms with Crippen molar-refractivity contribution in [1.29, 1.82) is 0 Å². The molecule has 0 radical (unpaired) electrons. The lowest BCUT2D eigenvalue weighted by molar-refractivity contribution is -0.384. The van der Waals surface area contributed by atoms with E-state index in [1.54, 1.807) is 12.1 Å². The van der Waals surface area contributed by atoms with E-state index in [4.69, 9.17) is 12.2 Å². The fraction of sp³-hybridized carbons (Fsp3) is 0.500. The molecule has 1 aromatic rings. The standard InChI is InChI=1S/C14H19N3O2S/c1-10-5-2-3-8-13(10)16-14(20)15-11-6-4-7-12(9-11)17(18)19/h4,6-7,9-10,13H,2-3,5,8H2,1H3,(H2,15,16,20). The van der Waals surface area contributed by atoms with Crippen LogP contribution < -0.4 is 10.6 Å². The summed E-state index contributed by atoms with van der Waals surface area (Å²) in [6, 6.07) is 6.75. The zero-order valence-corrected chi connectivity index (χ0v) is 12.3. The van der Waals surface area contributed by atoms with E-state index in [-0.39, 0.29) is 5.69 Å². The summed E-state index contributed by atoms with van der Waals surface area (Å²) in [5.41, 5.74) is 0.698. The lowest BCUT2D eigenvalue weighted by Gasteiger charge is -2.30. The van der Waals surface area contributed by atoms with E-state index in [0.717, 1.165) is 6.42 Å². The summed E-state index contributed by atoms with van der Waals surface area (Å²) in [5, 5.41) is 17.6. The molecule has 20 heavy (non-hydrogen) atoms. The minimum absolute atomic E-state index is 0.0591. The predicted octanol–water partition coefficient (Wildman–Crippen LogP) is 3.46. The van der Waals surface area contributed by atoms with Gasteiger partial charge in [0, 0.05) is 23.9 Å². The Hall–Kier alpha value is -1.69. The first-order valence-electron chi connectivity index (χ1n) is 6.88. The lowest BCUT2D eigenvalue weighted by atomic mass is 9.86. The highest BCUT2D eigenvalue weighted by molar-refractivity contribution is 7.80. The van der Waals surface area contributed by atoms with Gasteiger partial charge in [0.1, 0.15) is 0 Å². The summed E-state index contributed by atoms with van der Waals surface area (Å²) >= 11 is 5.29. The quantitative estimate of drug-likeness (QED) is 0.507. The molecule has 0 saturated heterocycles. The van der Waals surface area contributed by atoms with E-state index >= 15 is 0 Å². The Labute approximate surface area is 123 Å². The summed E-state index contributed by atoms with van der Waals surface area (Å²) < 4.78 is 0. The molecule has 2 N–H and O–H groups in total. The molecule has 2 rings (SSSR count). The van der Waals surface area contributed by atoms with E-state index in [1.807, 2.05) is 0 Å². The van der Waals surface area contributed by atoms with Crippen LogP contribution in [-0.2, 0) is 0 Å². The summed E-state index contributed by atoms with van der Waals surface area (Å²) in [5.74, 6) is 0.605. The van der Waals surface area contributed by atoms with Crippen molar-refractivity contribution in [3.05, 3.63) is 34.4 Å². The molecule has 108 valence electrons. The Morgan fingerprint density at radius 3 is 2.85 bits per heavy atom. The van der Waals surface area contributed by atoms with Gasteiger partial charge in [-0.15, -0.1) is 0 Å². The molecule has 1 saturated carbocycles. The maximum atomic E-state index is 10.7. The van der Waals surface area contributed by atoms with Crippen LogP contribution in [0.4, 0.5) is 11.4 Å². The van der Waals surface area contributed by atoms with Gasteiger partial charge in [0.2, 0.25) is 0 Å². The molecule has 1 aliphatic carbocycles. The first kappa shape index (κ1) is 14.7. The number of thiocarbonyl (C=S) groups is 1. The third-order valence-electron chi connectivity index (χ3n) is 3.74. The Kier molecular flexibility index (Phi) is 4.89. The van der Waals surface area contributed by atoms with E-state index in [0.29, 0.717) is 22.8 Å². The molecule has 0 aromatic heterocycles. The van der Waals surface area contributed by atoms with Crippen LogP contribution in [0.25, 0.3) is 0 Å². The van der Waals surface area contributed by atoms with Crippen molar-refractivity contribution in [3.8, 4) is 0 Å². The molecule has 0 aliphatic heterocycles. The van der Waals surface area contributed by atoms with Gasteiger partial charge in [-0.3, -0.25) is 10.1 Å². The average molecular weight is 293 g/mol. The molecule has 2 atom stereocenters. The second kappa shape index (κ2) is 6.65. The summed E-state index contributed by atoms with van der Waals surface area (Å²) in [6.45, 7) is 2.23. The molecule has 0 heterocycles. The molecule has 1 fully saturated rings.